The molecule has 20 heteroatoms. The highest BCUT2D eigenvalue weighted by Crippen LogP contribution is 2.38. The number of hydrazine groups is 1. The first-order chi connectivity index (χ1) is 30.6. The molecule has 0 aromatic carbocycles. The summed E-state index contributed by atoms with van der Waals surface area (Å²) < 4.78 is 11.4. The van der Waals surface area contributed by atoms with Gasteiger partial charge in [0.05, 0.1) is 78.3 Å². The minimum absolute atomic E-state index is 0.377. The van der Waals surface area contributed by atoms with Crippen LogP contribution in [0.1, 0.15) is 0 Å². The van der Waals surface area contributed by atoms with E-state index in [4.69, 9.17) is 50.2 Å². The largest absolute Gasteiger partial charge is 0.494 e. The number of rotatable bonds is 10. The molecular weight excluding hydrogens is 789 g/mol. The summed E-state index contributed by atoms with van der Waals surface area (Å²) in [5.41, 5.74) is 4.63. The second-order valence-corrected chi connectivity index (χ2v) is 14.4. The van der Waals surface area contributed by atoms with Crippen molar-refractivity contribution in [1.29, 1.82) is 0 Å². The number of ether oxygens (including phenoxy) is 2. The summed E-state index contributed by atoms with van der Waals surface area (Å²) in [5.74, 6) is 11.5. The number of nitrogens with zero attached hydrogens (tertiary/aromatic N) is 15. The molecule has 0 spiro atoms. The molecule has 10 rings (SSSR count). The van der Waals surface area contributed by atoms with Gasteiger partial charge in [0.1, 0.15) is 46.7 Å². The summed E-state index contributed by atoms with van der Waals surface area (Å²) in [5, 5.41) is 9.86. The van der Waals surface area contributed by atoms with Crippen LogP contribution in [0.15, 0.2) is 86.4 Å². The number of nitrogens with two attached hydrogens (primary N) is 1. The SMILES string of the molecule is COc1cncc2nc(-c3ccnc(-c4nc(-c5cncnc5)ncc4N(N)c4cc(-c5nc(N6CCNCC6)c6c(OC)cncc6n5)ccn4)c3)nc(N3CCNCC3)c12. The molecule has 0 unspecified atom stereocenters. The van der Waals surface area contributed by atoms with E-state index in [1.165, 1.54) is 11.3 Å². The van der Waals surface area contributed by atoms with Gasteiger partial charge in [0.15, 0.2) is 17.5 Å². The van der Waals surface area contributed by atoms with Crippen LogP contribution in [0.4, 0.5) is 23.1 Å². The molecule has 0 saturated carbocycles. The number of methoxy groups -OCH3 is 2. The number of hydrogen-bond acceptors (Lipinski definition) is 20. The van der Waals surface area contributed by atoms with E-state index in [-0.39, 0.29) is 0 Å². The van der Waals surface area contributed by atoms with E-state index >= 15 is 0 Å². The second kappa shape index (κ2) is 16.8. The Morgan fingerprint density at radius 3 is 1.73 bits per heavy atom. The van der Waals surface area contributed by atoms with E-state index in [0.717, 1.165) is 74.8 Å². The van der Waals surface area contributed by atoms with Crippen LogP contribution in [0.5, 0.6) is 11.5 Å². The Labute approximate surface area is 354 Å². The standard InChI is InChI=1S/C42H40N18O2/c1-61-32-22-46-19-29-35(32)41(58-11-7-44-8-12-58)56-39(53-29)25-3-5-50-28(15-25)37-31(21-52-38(55-37)27-17-48-24-49-18-27)60(43)34-16-26(4-6-51-34)40-54-30-20-47-23-33(62-2)36(30)42(57-40)59-13-9-45-10-14-59/h3-6,15-24,44-45H,7-14,43H2,1-2H3. The maximum absolute atomic E-state index is 7.01. The van der Waals surface area contributed by atoms with Crippen molar-refractivity contribution in [3.05, 3.63) is 86.4 Å². The second-order valence-electron chi connectivity index (χ2n) is 14.4. The average molecular weight is 829 g/mol. The Morgan fingerprint density at radius 1 is 0.581 bits per heavy atom. The highest BCUT2D eigenvalue weighted by Gasteiger charge is 2.25. The van der Waals surface area contributed by atoms with E-state index in [0.29, 0.717) is 79.6 Å². The van der Waals surface area contributed by atoms with E-state index in [1.807, 2.05) is 24.3 Å². The van der Waals surface area contributed by atoms with Crippen molar-refractivity contribution in [3.8, 4) is 57.1 Å². The first-order valence-corrected chi connectivity index (χ1v) is 20.0. The quantitative estimate of drug-likeness (QED) is 0.133. The van der Waals surface area contributed by atoms with Gasteiger partial charge in [-0.1, -0.05) is 0 Å². The summed E-state index contributed by atoms with van der Waals surface area (Å²) in [7, 11) is 3.25. The number of fused-ring (bicyclic) bond motifs is 2. The third-order valence-corrected chi connectivity index (χ3v) is 10.7. The van der Waals surface area contributed by atoms with Crippen LogP contribution >= 0.6 is 0 Å². The molecule has 2 saturated heterocycles. The molecule has 8 aromatic rings. The molecule has 20 nitrogen and oxygen atoms in total. The molecule has 10 heterocycles. The number of nitrogens with one attached hydrogen (secondary N) is 2. The maximum Gasteiger partial charge on any atom is 0.163 e. The lowest BCUT2D eigenvalue weighted by atomic mass is 10.1. The molecule has 0 aliphatic carbocycles. The van der Waals surface area contributed by atoms with Gasteiger partial charge >= 0.3 is 0 Å². The molecular formula is C42H40N18O2. The van der Waals surface area contributed by atoms with Crippen molar-refractivity contribution >= 4 is 44.9 Å². The third kappa shape index (κ3) is 7.31. The van der Waals surface area contributed by atoms with E-state index in [2.05, 4.69) is 45.4 Å². The summed E-state index contributed by atoms with van der Waals surface area (Å²) in [6, 6.07) is 7.42. The Morgan fingerprint density at radius 2 is 1.15 bits per heavy atom. The molecule has 2 aliphatic heterocycles. The normalized spacial score (nSPS) is 14.3. The van der Waals surface area contributed by atoms with Gasteiger partial charge in [-0.05, 0) is 24.3 Å². The first kappa shape index (κ1) is 38.5. The molecule has 8 aromatic heterocycles. The van der Waals surface area contributed by atoms with E-state index < -0.39 is 0 Å². The fourth-order valence-electron chi connectivity index (χ4n) is 7.66. The number of pyridine rings is 4. The topological polar surface area (TPSA) is 233 Å². The highest BCUT2D eigenvalue weighted by atomic mass is 16.5. The van der Waals surface area contributed by atoms with Crippen LogP contribution in [-0.4, -0.2) is 126 Å². The molecule has 2 aliphatic rings. The zero-order chi connectivity index (χ0) is 42.0. The third-order valence-electron chi connectivity index (χ3n) is 10.7. The number of piperazine rings is 2. The maximum atomic E-state index is 7.01. The van der Waals surface area contributed by atoms with Crippen LogP contribution in [0, 0.1) is 0 Å². The van der Waals surface area contributed by atoms with Crippen molar-refractivity contribution in [1.82, 2.24) is 70.4 Å². The average Bonchev–Trinajstić information content (AvgIpc) is 3.35. The van der Waals surface area contributed by atoms with Gasteiger partial charge in [0.2, 0.25) is 0 Å². The summed E-state index contributed by atoms with van der Waals surface area (Å²) >= 11 is 0. The molecule has 0 bridgehead atoms. The lowest BCUT2D eigenvalue weighted by molar-refractivity contribution is 0.417. The van der Waals surface area contributed by atoms with Crippen LogP contribution < -0.4 is 40.8 Å². The monoisotopic (exact) mass is 828 g/mol. The van der Waals surface area contributed by atoms with Crippen molar-refractivity contribution in [2.24, 2.45) is 5.84 Å². The van der Waals surface area contributed by atoms with Crippen molar-refractivity contribution in [3.63, 3.8) is 0 Å². The number of hydrogen-bond donors (Lipinski definition) is 3. The molecule has 310 valence electrons. The summed E-state index contributed by atoms with van der Waals surface area (Å²) in [6.07, 6.45) is 16.6. The van der Waals surface area contributed by atoms with Crippen molar-refractivity contribution < 1.29 is 9.47 Å². The van der Waals surface area contributed by atoms with Crippen LogP contribution in [0.2, 0.25) is 0 Å². The Bertz CT molecular complexity index is 2910. The zero-order valence-electron chi connectivity index (χ0n) is 33.8. The first-order valence-electron chi connectivity index (χ1n) is 20.0. The van der Waals surface area contributed by atoms with Gasteiger partial charge in [-0.15, -0.1) is 0 Å². The van der Waals surface area contributed by atoms with Gasteiger partial charge in [0.25, 0.3) is 0 Å². The molecule has 4 N–H and O–H groups in total. The van der Waals surface area contributed by atoms with Gasteiger partial charge in [-0.2, -0.15) is 0 Å². The van der Waals surface area contributed by atoms with Gasteiger partial charge < -0.3 is 29.9 Å². The minimum atomic E-state index is 0.377. The van der Waals surface area contributed by atoms with Crippen molar-refractivity contribution in [2.45, 2.75) is 0 Å². The van der Waals surface area contributed by atoms with E-state index in [1.54, 1.807) is 70.0 Å². The fourth-order valence-corrected chi connectivity index (χ4v) is 7.66. The highest BCUT2D eigenvalue weighted by molar-refractivity contribution is 5.97. The van der Waals surface area contributed by atoms with Crippen molar-refractivity contribution in [2.75, 3.05) is 81.4 Å². The van der Waals surface area contributed by atoms with Crippen LogP contribution in [0.25, 0.3) is 67.4 Å². The van der Waals surface area contributed by atoms with Crippen LogP contribution in [0.3, 0.4) is 0 Å². The Kier molecular flexibility index (Phi) is 10.4. The molecule has 2 fully saturated rings. The molecule has 0 radical (unpaired) electrons. The van der Waals surface area contributed by atoms with Gasteiger partial charge in [0, 0.05) is 88.3 Å². The van der Waals surface area contributed by atoms with Gasteiger partial charge in [-0.25, -0.2) is 50.7 Å². The van der Waals surface area contributed by atoms with E-state index in [9.17, 15) is 0 Å². The smallest absolute Gasteiger partial charge is 0.163 e. The number of aromatic nitrogens is 12. The Hall–Kier alpha value is -7.68. The minimum Gasteiger partial charge on any atom is -0.494 e. The predicted octanol–water partition coefficient (Wildman–Crippen LogP) is 3.25. The molecule has 0 amide bonds. The van der Waals surface area contributed by atoms with Gasteiger partial charge in [-0.3, -0.25) is 20.0 Å². The lowest BCUT2D eigenvalue weighted by Crippen LogP contribution is -2.44. The fraction of sp³-hybridized carbons (Fsp3) is 0.238. The Balaban J connectivity index is 1.07. The van der Waals surface area contributed by atoms with Crippen LogP contribution in [-0.2, 0) is 0 Å². The summed E-state index contributed by atoms with van der Waals surface area (Å²) in [4.78, 5) is 61.0. The summed E-state index contributed by atoms with van der Waals surface area (Å²) in [6.45, 7) is 6.39. The zero-order valence-corrected chi connectivity index (χ0v) is 33.8. The predicted molar refractivity (Wildman–Crippen MR) is 233 cm³/mol. The molecule has 0 atom stereocenters. The molecule has 62 heavy (non-hydrogen) atoms. The number of anilines is 4. The lowest BCUT2D eigenvalue weighted by Gasteiger charge is -2.29.